The van der Waals surface area contributed by atoms with Crippen LogP contribution >= 0.6 is 0 Å². The van der Waals surface area contributed by atoms with Crippen LogP contribution < -0.4 is 15.4 Å². The number of amides is 3. The van der Waals surface area contributed by atoms with E-state index >= 15 is 0 Å². The summed E-state index contributed by atoms with van der Waals surface area (Å²) in [5.41, 5.74) is -0.540. The highest BCUT2D eigenvalue weighted by atomic mass is 16.6. The van der Waals surface area contributed by atoms with Crippen LogP contribution in [-0.4, -0.2) is 94.2 Å². The van der Waals surface area contributed by atoms with Gasteiger partial charge in [-0.1, -0.05) is 37.1 Å². The van der Waals surface area contributed by atoms with Crippen molar-refractivity contribution >= 4 is 34.8 Å². The third-order valence-electron chi connectivity index (χ3n) is 9.47. The first kappa shape index (κ1) is 35.1. The van der Waals surface area contributed by atoms with Crippen molar-refractivity contribution < 1.29 is 33.8 Å². The number of hydrogen-bond donors (Lipinski definition) is 3. The van der Waals surface area contributed by atoms with E-state index in [2.05, 4.69) is 15.5 Å². The van der Waals surface area contributed by atoms with Crippen LogP contribution in [0.3, 0.4) is 0 Å². The molecule has 2 aliphatic heterocycles. The number of benzene rings is 1. The number of carbonyl (C=O) groups excluding carboxylic acids is 3. The Balaban J connectivity index is 1.41. The third kappa shape index (κ3) is 8.08. The molecule has 1 aromatic carbocycles. The van der Waals surface area contributed by atoms with Gasteiger partial charge in [-0.05, 0) is 72.1 Å². The molecule has 3 N–H and O–H groups in total. The number of allylic oxidation sites excluding steroid dienone is 1. The Bertz CT molecular complexity index is 1550. The first-order valence-corrected chi connectivity index (χ1v) is 16.9. The molecule has 3 heterocycles. The molecule has 12 nitrogen and oxygen atoms in total. The van der Waals surface area contributed by atoms with Crippen molar-refractivity contribution in [3.8, 4) is 5.75 Å². The molecule has 0 radical (unpaired) electrons. The van der Waals surface area contributed by atoms with E-state index in [1.165, 1.54) is 4.90 Å². The molecule has 1 saturated carbocycles. The van der Waals surface area contributed by atoms with Gasteiger partial charge in [-0.25, -0.2) is 9.59 Å². The fourth-order valence-electron chi connectivity index (χ4n) is 7.05. The molecule has 3 aliphatic rings. The molecular weight excluding hydrogens is 614 g/mol. The van der Waals surface area contributed by atoms with E-state index in [-0.39, 0.29) is 17.7 Å². The zero-order valence-corrected chi connectivity index (χ0v) is 28.7. The Kier molecular flexibility index (Phi) is 10.6. The lowest BCUT2D eigenvalue weighted by Gasteiger charge is -2.33. The number of hydrogen-bond acceptors (Lipinski definition) is 8. The van der Waals surface area contributed by atoms with Gasteiger partial charge < -0.3 is 35.0 Å². The van der Waals surface area contributed by atoms with Crippen molar-refractivity contribution in [1.29, 1.82) is 0 Å². The average molecular weight is 664 g/mol. The fourth-order valence-corrected chi connectivity index (χ4v) is 7.05. The smallest absolute Gasteiger partial charge is 0.408 e. The maximum absolute atomic E-state index is 14.2. The van der Waals surface area contributed by atoms with Crippen LogP contribution in [0, 0.1) is 11.8 Å². The average Bonchev–Trinajstić information content (AvgIpc) is 3.56. The summed E-state index contributed by atoms with van der Waals surface area (Å²) in [6.45, 7) is 6.49. The largest absolute Gasteiger partial charge is 0.496 e. The highest BCUT2D eigenvalue weighted by Gasteiger charge is 2.61. The summed E-state index contributed by atoms with van der Waals surface area (Å²) >= 11 is 0. The van der Waals surface area contributed by atoms with Gasteiger partial charge in [-0.15, -0.1) is 0 Å². The number of fused-ring (bicyclic) bond motifs is 3. The summed E-state index contributed by atoms with van der Waals surface area (Å²) in [7, 11) is 3.56. The quantitative estimate of drug-likeness (QED) is 0.369. The predicted octanol–water partition coefficient (Wildman–Crippen LogP) is 4.27. The second-order valence-corrected chi connectivity index (χ2v) is 14.4. The Morgan fingerprint density at radius 2 is 1.94 bits per heavy atom. The number of ether oxygens (including phenoxy) is 2. The standard InChI is InChI=1S/C36H49N5O7/c1-35(2,3)48-34(46)38-28-16-10-8-6-7-9-13-24-20-36(24,33(44)45)39-31(42)30-23(17-18-41(30)32(28)43)21-40(4)22-25-19-29(47-5)26-14-11-12-15-27(26)37-25/h9,11-15,19,23-24,28,30H,6-8,10,16-18,20-22H2,1-5H3,(H,38,46)(H,39,42)(H,44,45)/b13-9-/t23-,24?,28+,30+,36-/m1/s1. The molecule has 1 aromatic heterocycles. The number of aliphatic carboxylic acids is 1. The maximum atomic E-state index is 14.2. The van der Waals surface area contributed by atoms with E-state index in [1.807, 2.05) is 49.5 Å². The molecule has 48 heavy (non-hydrogen) atoms. The number of pyridine rings is 1. The second-order valence-electron chi connectivity index (χ2n) is 14.4. The number of carboxylic acid groups (broad SMARTS) is 1. The molecule has 5 rings (SSSR count). The van der Waals surface area contributed by atoms with Crippen LogP contribution in [0.25, 0.3) is 10.9 Å². The fraction of sp³-hybridized carbons (Fsp3) is 0.583. The van der Waals surface area contributed by atoms with Crippen LogP contribution in [0.15, 0.2) is 42.5 Å². The molecule has 1 saturated heterocycles. The molecule has 1 aliphatic carbocycles. The molecule has 260 valence electrons. The summed E-state index contributed by atoms with van der Waals surface area (Å²) in [5.74, 6) is -1.83. The zero-order valence-electron chi connectivity index (χ0n) is 28.7. The van der Waals surface area contributed by atoms with Crippen molar-refractivity contribution in [2.45, 2.75) is 95.5 Å². The number of carbonyl (C=O) groups is 4. The first-order valence-electron chi connectivity index (χ1n) is 16.9. The molecule has 3 amide bonds. The number of nitrogens with one attached hydrogen (secondary N) is 2. The van der Waals surface area contributed by atoms with Gasteiger partial charge in [0.05, 0.1) is 18.3 Å². The Morgan fingerprint density at radius 3 is 2.67 bits per heavy atom. The number of carboxylic acids is 1. The van der Waals surface area contributed by atoms with Crippen LogP contribution in [0.1, 0.15) is 71.4 Å². The zero-order chi connectivity index (χ0) is 34.6. The summed E-state index contributed by atoms with van der Waals surface area (Å²) in [4.78, 5) is 62.2. The van der Waals surface area contributed by atoms with E-state index in [4.69, 9.17) is 14.5 Å². The molecule has 2 fully saturated rings. The Hall–Kier alpha value is -4.19. The van der Waals surface area contributed by atoms with E-state index < -0.39 is 41.2 Å². The second kappa shape index (κ2) is 14.5. The molecule has 0 spiro atoms. The summed E-state index contributed by atoms with van der Waals surface area (Å²) in [5, 5.41) is 16.8. The lowest BCUT2D eigenvalue weighted by molar-refractivity contribution is -0.146. The maximum Gasteiger partial charge on any atom is 0.408 e. The van der Waals surface area contributed by atoms with Crippen LogP contribution in [-0.2, 0) is 25.7 Å². The molecule has 5 atom stereocenters. The topological polar surface area (TPSA) is 150 Å². The van der Waals surface area contributed by atoms with E-state index in [0.717, 1.165) is 41.6 Å². The Morgan fingerprint density at radius 1 is 1.17 bits per heavy atom. The normalized spacial score (nSPS) is 27.2. The van der Waals surface area contributed by atoms with Crippen molar-refractivity contribution in [2.75, 3.05) is 27.2 Å². The van der Waals surface area contributed by atoms with Crippen LogP contribution in [0.4, 0.5) is 4.79 Å². The highest BCUT2D eigenvalue weighted by Crippen LogP contribution is 2.45. The minimum atomic E-state index is -1.40. The SMILES string of the molecule is COc1cc(CN(C)C[C@H]2CCN3C(=O)[C@@H](NC(=O)OC(C)(C)C)CCCCC/C=C\C4C[C@@]4(C(=O)O)NC(=O)[C@H]23)nc2ccccc12. The van der Waals surface area contributed by atoms with Gasteiger partial charge in [0, 0.05) is 42.9 Å². The van der Waals surface area contributed by atoms with Gasteiger partial charge in [0.15, 0.2) is 0 Å². The lowest BCUT2D eigenvalue weighted by Crippen LogP contribution is -2.58. The monoisotopic (exact) mass is 663 g/mol. The minimum Gasteiger partial charge on any atom is -0.496 e. The summed E-state index contributed by atoms with van der Waals surface area (Å²) < 4.78 is 11.1. The van der Waals surface area contributed by atoms with E-state index in [0.29, 0.717) is 45.3 Å². The van der Waals surface area contributed by atoms with Crippen LogP contribution in [0.2, 0.25) is 0 Å². The van der Waals surface area contributed by atoms with Gasteiger partial charge in [0.2, 0.25) is 11.8 Å². The van der Waals surface area contributed by atoms with Gasteiger partial charge in [-0.3, -0.25) is 14.6 Å². The summed E-state index contributed by atoms with van der Waals surface area (Å²) in [6, 6.07) is 7.86. The molecule has 1 unspecified atom stereocenters. The van der Waals surface area contributed by atoms with Crippen molar-refractivity contribution in [1.82, 2.24) is 25.4 Å². The van der Waals surface area contributed by atoms with Crippen molar-refractivity contribution in [2.24, 2.45) is 11.8 Å². The van der Waals surface area contributed by atoms with E-state index in [1.54, 1.807) is 27.9 Å². The molecule has 0 bridgehead atoms. The number of alkyl carbamates (subject to hydrolysis) is 1. The van der Waals surface area contributed by atoms with Gasteiger partial charge in [-0.2, -0.15) is 0 Å². The number of para-hydroxylation sites is 1. The molecule has 12 heteroatoms. The lowest BCUT2D eigenvalue weighted by atomic mass is 9.97. The first-order chi connectivity index (χ1) is 22.8. The van der Waals surface area contributed by atoms with Crippen molar-refractivity contribution in [3.63, 3.8) is 0 Å². The minimum absolute atomic E-state index is 0.294. The van der Waals surface area contributed by atoms with Gasteiger partial charge in [0.1, 0.15) is 29.0 Å². The summed E-state index contributed by atoms with van der Waals surface area (Å²) in [6.07, 6.45) is 7.57. The Labute approximate surface area is 282 Å². The molecular formula is C36H49N5O7. The number of methoxy groups -OCH3 is 1. The highest BCUT2D eigenvalue weighted by molar-refractivity contribution is 5.96. The van der Waals surface area contributed by atoms with Crippen LogP contribution in [0.5, 0.6) is 5.75 Å². The molecule has 2 aromatic rings. The number of nitrogens with zero attached hydrogens (tertiary/aromatic N) is 3. The van der Waals surface area contributed by atoms with E-state index in [9.17, 15) is 24.3 Å². The number of aromatic nitrogens is 1. The number of rotatable bonds is 7. The van der Waals surface area contributed by atoms with Gasteiger partial charge >= 0.3 is 12.1 Å². The predicted molar refractivity (Wildman–Crippen MR) is 180 cm³/mol. The van der Waals surface area contributed by atoms with Crippen molar-refractivity contribution in [3.05, 3.63) is 48.2 Å². The third-order valence-corrected chi connectivity index (χ3v) is 9.47. The van der Waals surface area contributed by atoms with Gasteiger partial charge in [0.25, 0.3) is 0 Å².